The molecule has 0 saturated heterocycles. The smallest absolute Gasteiger partial charge is 0.264 e. The Hall–Kier alpha value is -0.443. The van der Waals surface area contributed by atoms with Gasteiger partial charge in [-0.2, -0.15) is 0 Å². The van der Waals surface area contributed by atoms with Crippen LogP contribution in [0, 0.1) is 11.8 Å². The van der Waals surface area contributed by atoms with Gasteiger partial charge in [0.2, 0.25) is 8.32 Å². The maximum atomic E-state index is 6.36. The Kier molecular flexibility index (Phi) is 5.59. The van der Waals surface area contributed by atoms with Gasteiger partial charge in [0.1, 0.15) is 0 Å². The molecule has 0 unspecified atom stereocenters. The molecule has 0 aromatic carbocycles. The molecule has 116 valence electrons. The van der Waals surface area contributed by atoms with Crippen LogP contribution in [-0.2, 0) is 9.16 Å². The van der Waals surface area contributed by atoms with Gasteiger partial charge in [0.15, 0.2) is 0 Å². The molecule has 3 heteroatoms. The Morgan fingerprint density at radius 2 is 1.35 bits per heavy atom. The van der Waals surface area contributed by atoms with Crippen LogP contribution < -0.4 is 0 Å². The summed E-state index contributed by atoms with van der Waals surface area (Å²) in [6, 6.07) is 0. The summed E-state index contributed by atoms with van der Waals surface area (Å²) in [6.07, 6.45) is 10.9. The van der Waals surface area contributed by atoms with Gasteiger partial charge in [-0.25, -0.2) is 0 Å². The lowest BCUT2D eigenvalue weighted by molar-refractivity contribution is 0.0996. The van der Waals surface area contributed by atoms with Crippen LogP contribution in [0.4, 0.5) is 0 Å². The van der Waals surface area contributed by atoms with Gasteiger partial charge in [-0.3, -0.25) is 0 Å². The van der Waals surface area contributed by atoms with Crippen molar-refractivity contribution in [2.24, 2.45) is 11.8 Å². The fourth-order valence-corrected chi connectivity index (χ4v) is 4.45. The van der Waals surface area contributed by atoms with Crippen LogP contribution in [0.2, 0.25) is 19.6 Å². The fourth-order valence-electron chi connectivity index (χ4n) is 3.72. The fraction of sp³-hybridized carbons (Fsp3) is 0.882. The molecule has 0 bridgehead atoms. The van der Waals surface area contributed by atoms with Gasteiger partial charge in [0, 0.05) is 5.57 Å². The van der Waals surface area contributed by atoms with E-state index in [9.17, 15) is 0 Å². The van der Waals surface area contributed by atoms with Crippen molar-refractivity contribution in [2.45, 2.75) is 77.9 Å². The first-order valence-corrected chi connectivity index (χ1v) is 12.0. The molecule has 2 saturated carbocycles. The van der Waals surface area contributed by atoms with Crippen LogP contribution in [0.5, 0.6) is 0 Å². The van der Waals surface area contributed by atoms with Crippen molar-refractivity contribution in [2.75, 3.05) is 6.61 Å². The molecule has 20 heavy (non-hydrogen) atoms. The topological polar surface area (TPSA) is 18.5 Å². The monoisotopic (exact) mass is 296 g/mol. The molecule has 2 aliphatic rings. The molecule has 0 spiro atoms. The molecule has 0 radical (unpaired) electrons. The minimum Gasteiger partial charge on any atom is -0.520 e. The molecule has 0 N–H and O–H groups in total. The van der Waals surface area contributed by atoms with Crippen molar-refractivity contribution in [1.29, 1.82) is 0 Å². The number of ether oxygens (including phenoxy) is 1. The second-order valence-corrected chi connectivity index (χ2v) is 11.8. The van der Waals surface area contributed by atoms with Gasteiger partial charge in [-0.05, 0) is 64.1 Å². The third-order valence-corrected chi connectivity index (χ3v) is 5.30. The van der Waals surface area contributed by atoms with Gasteiger partial charge < -0.3 is 9.16 Å². The average molecular weight is 297 g/mol. The summed E-state index contributed by atoms with van der Waals surface area (Å²) in [6.45, 7) is 9.57. The highest BCUT2D eigenvalue weighted by atomic mass is 28.4. The summed E-state index contributed by atoms with van der Waals surface area (Å²) in [5.41, 5.74) is 1.56. The van der Waals surface area contributed by atoms with Crippen LogP contribution in [0.25, 0.3) is 0 Å². The van der Waals surface area contributed by atoms with Crippen LogP contribution in [0.3, 0.4) is 0 Å². The molecule has 2 rings (SSSR count). The van der Waals surface area contributed by atoms with E-state index in [-0.39, 0.29) is 0 Å². The maximum Gasteiger partial charge on any atom is 0.264 e. The summed E-state index contributed by atoms with van der Waals surface area (Å²) in [4.78, 5) is 0. The van der Waals surface area contributed by atoms with Crippen molar-refractivity contribution < 1.29 is 9.16 Å². The molecule has 2 nitrogen and oxygen atoms in total. The molecular formula is C17H32O2Si. The Bertz CT molecular complexity index is 313. The summed E-state index contributed by atoms with van der Waals surface area (Å²) >= 11 is 0. The zero-order chi connectivity index (χ0) is 14.6. The summed E-state index contributed by atoms with van der Waals surface area (Å²) < 4.78 is 12.4. The third kappa shape index (κ3) is 4.27. The van der Waals surface area contributed by atoms with E-state index >= 15 is 0 Å². The van der Waals surface area contributed by atoms with E-state index in [4.69, 9.17) is 9.16 Å². The lowest BCUT2D eigenvalue weighted by Gasteiger charge is -2.29. The van der Waals surface area contributed by atoms with Crippen LogP contribution in [0.1, 0.15) is 58.3 Å². The first-order valence-electron chi connectivity index (χ1n) is 8.57. The molecule has 0 heterocycles. The largest absolute Gasteiger partial charge is 0.520 e. The van der Waals surface area contributed by atoms with E-state index < -0.39 is 8.32 Å². The van der Waals surface area contributed by atoms with Crippen LogP contribution in [-0.4, -0.2) is 14.9 Å². The van der Waals surface area contributed by atoms with Crippen molar-refractivity contribution in [3.63, 3.8) is 0 Å². The summed E-state index contributed by atoms with van der Waals surface area (Å²) in [5, 5.41) is 0. The van der Waals surface area contributed by atoms with Gasteiger partial charge in [-0.1, -0.05) is 25.7 Å². The van der Waals surface area contributed by atoms with E-state index in [0.717, 1.165) is 24.4 Å². The van der Waals surface area contributed by atoms with E-state index in [1.807, 2.05) is 0 Å². The SMILES string of the molecule is CCOC(O[Si](C)(C)C)=C(C1CCCC1)C1CCCC1. The zero-order valence-corrected chi connectivity index (χ0v) is 14.8. The van der Waals surface area contributed by atoms with Crippen molar-refractivity contribution >= 4 is 8.32 Å². The van der Waals surface area contributed by atoms with Crippen molar-refractivity contribution in [1.82, 2.24) is 0 Å². The molecule has 0 aromatic heterocycles. The van der Waals surface area contributed by atoms with E-state index in [1.54, 1.807) is 5.57 Å². The first-order chi connectivity index (χ1) is 9.51. The molecule has 0 aromatic rings. The lowest BCUT2D eigenvalue weighted by Crippen LogP contribution is -2.28. The van der Waals surface area contributed by atoms with E-state index in [1.165, 1.54) is 51.4 Å². The maximum absolute atomic E-state index is 6.36. The van der Waals surface area contributed by atoms with Gasteiger partial charge >= 0.3 is 0 Å². The summed E-state index contributed by atoms with van der Waals surface area (Å²) in [7, 11) is -1.61. The quantitative estimate of drug-likeness (QED) is 0.478. The predicted molar refractivity (Wildman–Crippen MR) is 87.0 cm³/mol. The minimum atomic E-state index is -1.61. The highest BCUT2D eigenvalue weighted by Gasteiger charge is 2.33. The van der Waals surface area contributed by atoms with Crippen molar-refractivity contribution in [3.05, 3.63) is 11.5 Å². The van der Waals surface area contributed by atoms with E-state index in [0.29, 0.717) is 0 Å². The van der Waals surface area contributed by atoms with Crippen LogP contribution in [0.15, 0.2) is 11.5 Å². The number of hydrogen-bond donors (Lipinski definition) is 0. The van der Waals surface area contributed by atoms with Gasteiger partial charge in [0.25, 0.3) is 5.95 Å². The Balaban J connectivity index is 2.28. The standard InChI is InChI=1S/C17H32O2Si/c1-5-18-17(19-20(2,3)4)16(14-10-6-7-11-14)15-12-8-9-13-15/h14-15H,5-13H2,1-4H3. The molecule has 0 amide bonds. The normalized spacial score (nSPS) is 21.2. The Morgan fingerprint density at radius 3 is 1.70 bits per heavy atom. The molecule has 2 fully saturated rings. The van der Waals surface area contributed by atoms with Crippen LogP contribution >= 0.6 is 0 Å². The number of rotatable bonds is 6. The predicted octanol–water partition coefficient (Wildman–Crippen LogP) is 5.47. The molecular weight excluding hydrogens is 264 g/mol. The second-order valence-electron chi connectivity index (χ2n) is 7.35. The first kappa shape index (κ1) is 15.9. The second kappa shape index (κ2) is 7.01. The van der Waals surface area contributed by atoms with Gasteiger partial charge in [0.05, 0.1) is 6.61 Å². The minimum absolute atomic E-state index is 0.725. The highest BCUT2D eigenvalue weighted by molar-refractivity contribution is 6.70. The zero-order valence-electron chi connectivity index (χ0n) is 13.8. The summed E-state index contributed by atoms with van der Waals surface area (Å²) in [5.74, 6) is 2.40. The third-order valence-electron chi connectivity index (χ3n) is 4.50. The number of hydrogen-bond acceptors (Lipinski definition) is 2. The van der Waals surface area contributed by atoms with Gasteiger partial charge in [-0.15, -0.1) is 0 Å². The number of allylic oxidation sites excluding steroid dienone is 1. The van der Waals surface area contributed by atoms with Crippen molar-refractivity contribution in [3.8, 4) is 0 Å². The molecule has 2 aliphatic carbocycles. The molecule has 0 aliphatic heterocycles. The Morgan fingerprint density at radius 1 is 0.900 bits per heavy atom. The Labute approximate surface area is 126 Å². The molecule has 0 atom stereocenters. The van der Waals surface area contributed by atoms with E-state index in [2.05, 4.69) is 26.6 Å². The average Bonchev–Trinajstić information content (AvgIpc) is 3.00. The highest BCUT2D eigenvalue weighted by Crippen LogP contribution is 2.43. The lowest BCUT2D eigenvalue weighted by atomic mass is 9.86.